The Hall–Kier alpha value is -3.23. The number of morpholine rings is 1. The van der Waals surface area contributed by atoms with Gasteiger partial charge in [-0.1, -0.05) is 19.1 Å². The summed E-state index contributed by atoms with van der Waals surface area (Å²) in [5, 5.41) is 11.1. The van der Waals surface area contributed by atoms with E-state index in [9.17, 15) is 14.7 Å². The minimum Gasteiger partial charge on any atom is -0.507 e. The molecule has 180 valence electrons. The van der Waals surface area contributed by atoms with Crippen molar-refractivity contribution in [3.8, 4) is 5.75 Å². The molecule has 2 aromatic rings. The van der Waals surface area contributed by atoms with Crippen molar-refractivity contribution in [3.05, 3.63) is 65.5 Å². The molecule has 3 heterocycles. The Morgan fingerprint density at radius 3 is 2.65 bits per heavy atom. The van der Waals surface area contributed by atoms with E-state index in [0.29, 0.717) is 44.1 Å². The molecule has 2 fully saturated rings. The number of hydrogen-bond acceptors (Lipinski definition) is 7. The van der Waals surface area contributed by atoms with Gasteiger partial charge in [-0.2, -0.15) is 0 Å². The molecule has 0 spiro atoms. The molecule has 0 aliphatic carbocycles. The first-order chi connectivity index (χ1) is 16.6. The molecule has 8 heteroatoms. The lowest BCUT2D eigenvalue weighted by Crippen LogP contribution is -2.38. The number of amides is 1. The van der Waals surface area contributed by atoms with Crippen molar-refractivity contribution in [1.82, 2.24) is 14.8 Å². The molecule has 4 rings (SSSR count). The molecule has 0 radical (unpaired) electrons. The van der Waals surface area contributed by atoms with Crippen molar-refractivity contribution in [2.75, 3.05) is 46.0 Å². The van der Waals surface area contributed by atoms with Crippen molar-refractivity contribution in [3.63, 3.8) is 0 Å². The summed E-state index contributed by atoms with van der Waals surface area (Å²) in [7, 11) is 0. The fourth-order valence-corrected chi connectivity index (χ4v) is 4.41. The molecular weight excluding hydrogens is 434 g/mol. The zero-order valence-corrected chi connectivity index (χ0v) is 19.5. The fraction of sp³-hybridized carbons (Fsp3) is 0.423. The van der Waals surface area contributed by atoms with E-state index in [-0.39, 0.29) is 11.3 Å². The second-order valence-corrected chi connectivity index (χ2v) is 8.46. The van der Waals surface area contributed by atoms with Crippen LogP contribution in [0.5, 0.6) is 5.75 Å². The Bertz CT molecular complexity index is 1030. The highest BCUT2D eigenvalue weighted by atomic mass is 16.5. The van der Waals surface area contributed by atoms with Crippen molar-refractivity contribution in [2.45, 2.75) is 25.8 Å². The van der Waals surface area contributed by atoms with Crippen LogP contribution >= 0.6 is 0 Å². The topological polar surface area (TPSA) is 92.2 Å². The largest absolute Gasteiger partial charge is 0.507 e. The van der Waals surface area contributed by atoms with Gasteiger partial charge in [-0.05, 0) is 42.7 Å². The normalized spacial score (nSPS) is 20.6. The first-order valence-electron chi connectivity index (χ1n) is 11.8. The van der Waals surface area contributed by atoms with Crippen molar-refractivity contribution < 1.29 is 24.2 Å². The van der Waals surface area contributed by atoms with E-state index in [2.05, 4.69) is 9.88 Å². The first kappa shape index (κ1) is 23.9. The van der Waals surface area contributed by atoms with Gasteiger partial charge in [0.25, 0.3) is 11.7 Å². The number of likely N-dealkylation sites (tertiary alicyclic amines) is 1. The first-order valence-corrected chi connectivity index (χ1v) is 11.8. The Balaban J connectivity index is 1.66. The number of ketones is 1. The third kappa shape index (κ3) is 5.29. The van der Waals surface area contributed by atoms with Gasteiger partial charge in [-0.15, -0.1) is 0 Å². The monoisotopic (exact) mass is 465 g/mol. The standard InChI is InChI=1S/C26H31N3O5/c1-2-15-34-21-6-3-5-20(18-21)23-22(24(30)19-7-9-27-10-8-19)25(31)26(32)29(23)12-4-11-28-13-16-33-17-14-28/h3,5-10,18,23,30H,2,4,11-17H2,1H3/b24-22+. The molecule has 1 unspecified atom stereocenters. The van der Waals surface area contributed by atoms with Gasteiger partial charge in [0.2, 0.25) is 0 Å². The molecule has 2 aliphatic rings. The number of hydrogen-bond donors (Lipinski definition) is 1. The fourth-order valence-electron chi connectivity index (χ4n) is 4.41. The molecule has 1 N–H and O–H groups in total. The highest BCUT2D eigenvalue weighted by Gasteiger charge is 2.45. The third-order valence-electron chi connectivity index (χ3n) is 6.12. The van der Waals surface area contributed by atoms with E-state index in [4.69, 9.17) is 9.47 Å². The quantitative estimate of drug-likeness (QED) is 0.346. The van der Waals surface area contributed by atoms with Crippen LogP contribution < -0.4 is 4.74 Å². The molecular formula is C26H31N3O5. The maximum Gasteiger partial charge on any atom is 0.295 e. The number of carbonyl (C=O) groups is 2. The maximum absolute atomic E-state index is 13.2. The highest BCUT2D eigenvalue weighted by molar-refractivity contribution is 6.46. The molecule has 1 atom stereocenters. The lowest BCUT2D eigenvalue weighted by atomic mass is 9.95. The molecule has 0 bridgehead atoms. The van der Waals surface area contributed by atoms with Crippen LogP contribution in [-0.2, 0) is 14.3 Å². The maximum atomic E-state index is 13.2. The van der Waals surface area contributed by atoms with E-state index in [1.807, 2.05) is 31.2 Å². The van der Waals surface area contributed by atoms with Crippen LogP contribution in [0.15, 0.2) is 54.4 Å². The number of aliphatic hydroxyl groups is 1. The highest BCUT2D eigenvalue weighted by Crippen LogP contribution is 2.40. The molecule has 1 aromatic carbocycles. The molecule has 0 saturated carbocycles. The summed E-state index contributed by atoms with van der Waals surface area (Å²) in [4.78, 5) is 34.1. The molecule has 2 aliphatic heterocycles. The second-order valence-electron chi connectivity index (χ2n) is 8.46. The van der Waals surface area contributed by atoms with E-state index in [1.165, 1.54) is 0 Å². The SMILES string of the molecule is CCCOc1cccc(C2/C(=C(\O)c3ccncc3)C(=O)C(=O)N2CCCN2CCOCC2)c1. The van der Waals surface area contributed by atoms with Crippen molar-refractivity contribution >= 4 is 17.4 Å². The lowest BCUT2D eigenvalue weighted by Gasteiger charge is -2.29. The molecule has 2 saturated heterocycles. The van der Waals surface area contributed by atoms with E-state index in [1.54, 1.807) is 29.4 Å². The van der Waals surface area contributed by atoms with Gasteiger partial charge < -0.3 is 19.5 Å². The average molecular weight is 466 g/mol. The van der Waals surface area contributed by atoms with E-state index < -0.39 is 17.7 Å². The van der Waals surface area contributed by atoms with Crippen LogP contribution in [-0.4, -0.2) is 77.6 Å². The van der Waals surface area contributed by atoms with Gasteiger partial charge in [0.1, 0.15) is 11.5 Å². The third-order valence-corrected chi connectivity index (χ3v) is 6.12. The lowest BCUT2D eigenvalue weighted by molar-refractivity contribution is -0.140. The van der Waals surface area contributed by atoms with E-state index in [0.717, 1.165) is 31.6 Å². The van der Waals surface area contributed by atoms with Crippen LogP contribution in [0.1, 0.15) is 36.9 Å². The summed E-state index contributed by atoms with van der Waals surface area (Å²) in [5.41, 5.74) is 1.27. The van der Waals surface area contributed by atoms with Crippen LogP contribution in [0.2, 0.25) is 0 Å². The van der Waals surface area contributed by atoms with Crippen LogP contribution in [0, 0.1) is 0 Å². The zero-order chi connectivity index (χ0) is 23.9. The van der Waals surface area contributed by atoms with E-state index >= 15 is 0 Å². The summed E-state index contributed by atoms with van der Waals surface area (Å²) < 4.78 is 11.2. The number of carbonyl (C=O) groups excluding carboxylic acids is 2. The van der Waals surface area contributed by atoms with Gasteiger partial charge in [0.15, 0.2) is 0 Å². The number of aromatic nitrogens is 1. The number of aliphatic hydroxyl groups excluding tert-OH is 1. The Labute approximate surface area is 199 Å². The molecule has 8 nitrogen and oxygen atoms in total. The Morgan fingerprint density at radius 2 is 1.91 bits per heavy atom. The number of ether oxygens (including phenoxy) is 2. The number of Topliss-reactive ketones (excluding diaryl/α,β-unsaturated/α-hetero) is 1. The predicted molar refractivity (Wildman–Crippen MR) is 127 cm³/mol. The summed E-state index contributed by atoms with van der Waals surface area (Å²) >= 11 is 0. The summed E-state index contributed by atoms with van der Waals surface area (Å²) in [5.74, 6) is -0.795. The van der Waals surface area contributed by atoms with Crippen molar-refractivity contribution in [2.24, 2.45) is 0 Å². The van der Waals surface area contributed by atoms with Gasteiger partial charge in [-0.3, -0.25) is 19.5 Å². The summed E-state index contributed by atoms with van der Waals surface area (Å²) in [6, 6.07) is 9.97. The number of rotatable bonds is 9. The van der Waals surface area contributed by atoms with Crippen molar-refractivity contribution in [1.29, 1.82) is 0 Å². The second kappa shape index (κ2) is 11.3. The van der Waals surface area contributed by atoms with Gasteiger partial charge in [0, 0.05) is 44.1 Å². The molecule has 34 heavy (non-hydrogen) atoms. The number of benzene rings is 1. The van der Waals surface area contributed by atoms with Gasteiger partial charge >= 0.3 is 0 Å². The Kier molecular flexibility index (Phi) is 7.92. The number of pyridine rings is 1. The summed E-state index contributed by atoms with van der Waals surface area (Å²) in [6.45, 7) is 6.95. The molecule has 1 amide bonds. The van der Waals surface area contributed by atoms with Crippen LogP contribution in [0.25, 0.3) is 5.76 Å². The Morgan fingerprint density at radius 1 is 1.15 bits per heavy atom. The van der Waals surface area contributed by atoms with Gasteiger partial charge in [-0.25, -0.2) is 0 Å². The van der Waals surface area contributed by atoms with Crippen LogP contribution in [0.3, 0.4) is 0 Å². The van der Waals surface area contributed by atoms with Gasteiger partial charge in [0.05, 0.1) is 31.4 Å². The summed E-state index contributed by atoms with van der Waals surface area (Å²) in [6.07, 6.45) is 4.67. The minimum absolute atomic E-state index is 0.0928. The average Bonchev–Trinajstić information content (AvgIpc) is 3.13. The number of nitrogens with zero attached hydrogens (tertiary/aromatic N) is 3. The van der Waals surface area contributed by atoms with Crippen LogP contribution in [0.4, 0.5) is 0 Å². The minimum atomic E-state index is -0.692. The zero-order valence-electron chi connectivity index (χ0n) is 19.5. The smallest absolute Gasteiger partial charge is 0.295 e. The molecule has 1 aromatic heterocycles. The predicted octanol–water partition coefficient (Wildman–Crippen LogP) is 3.01.